The molecular weight excluding hydrogens is 194 g/mol. The molecule has 0 spiro atoms. The minimum absolute atomic E-state index is 0.125. The van der Waals surface area contributed by atoms with E-state index in [0.717, 1.165) is 19.6 Å². The molecule has 90 valence electrons. The molecule has 1 fully saturated rings. The highest BCUT2D eigenvalue weighted by Gasteiger charge is 2.36. The van der Waals surface area contributed by atoms with Crippen molar-refractivity contribution in [2.24, 2.45) is 5.41 Å². The Morgan fingerprint density at radius 1 is 1.47 bits per heavy atom. The minimum Gasteiger partial charge on any atom is -0.396 e. The molecular formula is C11H23NO3. The molecule has 1 aliphatic rings. The number of ether oxygens (including phenoxy) is 1. The summed E-state index contributed by atoms with van der Waals surface area (Å²) in [7, 11) is 1.97. The summed E-state index contributed by atoms with van der Waals surface area (Å²) in [6.45, 7) is 6.47. The topological polar surface area (TPSA) is 52.9 Å². The van der Waals surface area contributed by atoms with Gasteiger partial charge in [0.2, 0.25) is 0 Å². The Morgan fingerprint density at radius 2 is 2.13 bits per heavy atom. The summed E-state index contributed by atoms with van der Waals surface area (Å²) in [5.41, 5.74) is -0.815. The zero-order chi connectivity index (χ0) is 11.5. The molecule has 1 saturated heterocycles. The fraction of sp³-hybridized carbons (Fsp3) is 1.00. The highest BCUT2D eigenvalue weighted by molar-refractivity contribution is 4.86. The maximum atomic E-state index is 9.68. The first-order chi connectivity index (χ1) is 6.87. The van der Waals surface area contributed by atoms with E-state index < -0.39 is 5.60 Å². The van der Waals surface area contributed by atoms with E-state index in [0.29, 0.717) is 13.2 Å². The van der Waals surface area contributed by atoms with Crippen LogP contribution >= 0.6 is 0 Å². The predicted octanol–water partition coefficient (Wildman–Crippen LogP) is 0.0881. The van der Waals surface area contributed by atoms with Crippen LogP contribution in [0, 0.1) is 5.41 Å². The molecule has 0 amide bonds. The van der Waals surface area contributed by atoms with Crippen molar-refractivity contribution in [1.29, 1.82) is 0 Å². The molecule has 15 heavy (non-hydrogen) atoms. The first-order valence-electron chi connectivity index (χ1n) is 5.46. The van der Waals surface area contributed by atoms with Crippen molar-refractivity contribution in [3.05, 3.63) is 0 Å². The Morgan fingerprint density at radius 3 is 2.53 bits per heavy atom. The predicted molar refractivity (Wildman–Crippen MR) is 58.7 cm³/mol. The third kappa shape index (κ3) is 4.07. The van der Waals surface area contributed by atoms with Crippen LogP contribution in [0.2, 0.25) is 0 Å². The van der Waals surface area contributed by atoms with Crippen molar-refractivity contribution in [3.8, 4) is 0 Å². The third-order valence-electron chi connectivity index (χ3n) is 2.78. The fourth-order valence-corrected chi connectivity index (χ4v) is 2.24. The Hall–Kier alpha value is -0.160. The molecule has 0 saturated carbocycles. The number of rotatable bonds is 5. The van der Waals surface area contributed by atoms with Gasteiger partial charge in [-0.3, -0.25) is 0 Å². The Balaban J connectivity index is 2.45. The molecule has 1 unspecified atom stereocenters. The van der Waals surface area contributed by atoms with Gasteiger partial charge in [0.1, 0.15) is 0 Å². The quantitative estimate of drug-likeness (QED) is 0.685. The van der Waals surface area contributed by atoms with Gasteiger partial charge in [-0.05, 0) is 27.3 Å². The maximum Gasteiger partial charge on any atom is 0.0718 e. The summed E-state index contributed by atoms with van der Waals surface area (Å²) >= 11 is 0. The van der Waals surface area contributed by atoms with Gasteiger partial charge in [-0.1, -0.05) is 0 Å². The van der Waals surface area contributed by atoms with Crippen LogP contribution in [0.5, 0.6) is 0 Å². The molecule has 4 heteroatoms. The summed E-state index contributed by atoms with van der Waals surface area (Å²) in [5, 5.41) is 19.1. The second kappa shape index (κ2) is 4.78. The van der Waals surface area contributed by atoms with Crippen molar-refractivity contribution in [2.45, 2.75) is 25.9 Å². The lowest BCUT2D eigenvalue weighted by atomic mass is 9.87. The van der Waals surface area contributed by atoms with Crippen LogP contribution in [0.1, 0.15) is 20.3 Å². The lowest BCUT2D eigenvalue weighted by Gasteiger charge is -2.33. The molecule has 0 aromatic heterocycles. The number of hydrogen-bond acceptors (Lipinski definition) is 4. The molecule has 0 radical (unpaired) electrons. The fourth-order valence-electron chi connectivity index (χ4n) is 2.24. The highest BCUT2D eigenvalue weighted by Crippen LogP contribution is 2.29. The van der Waals surface area contributed by atoms with Crippen LogP contribution in [0.3, 0.4) is 0 Å². The molecule has 0 bridgehead atoms. The van der Waals surface area contributed by atoms with E-state index in [9.17, 15) is 10.2 Å². The SMILES string of the molecule is CN(CC(C)(C)O)CC1(CO)CCOC1. The minimum atomic E-state index is -0.690. The highest BCUT2D eigenvalue weighted by atomic mass is 16.5. The summed E-state index contributed by atoms with van der Waals surface area (Å²) in [6.07, 6.45) is 0.902. The van der Waals surface area contributed by atoms with E-state index in [1.165, 1.54) is 0 Å². The standard InChI is InChI=1S/C11H23NO3/c1-10(2,14)6-12(3)7-11(8-13)4-5-15-9-11/h13-14H,4-9H2,1-3H3. The molecule has 1 heterocycles. The Kier molecular flexibility index (Phi) is 4.12. The van der Waals surface area contributed by atoms with Crippen molar-refractivity contribution in [1.82, 2.24) is 4.90 Å². The first kappa shape index (κ1) is 12.9. The van der Waals surface area contributed by atoms with Crippen LogP contribution in [-0.2, 0) is 4.74 Å². The van der Waals surface area contributed by atoms with Gasteiger partial charge < -0.3 is 19.8 Å². The van der Waals surface area contributed by atoms with Crippen LogP contribution < -0.4 is 0 Å². The van der Waals surface area contributed by atoms with E-state index in [4.69, 9.17) is 4.74 Å². The third-order valence-corrected chi connectivity index (χ3v) is 2.78. The molecule has 0 aromatic rings. The first-order valence-corrected chi connectivity index (χ1v) is 5.46. The maximum absolute atomic E-state index is 9.68. The molecule has 1 atom stereocenters. The second-order valence-electron chi connectivity index (χ2n) is 5.45. The van der Waals surface area contributed by atoms with Gasteiger partial charge in [-0.15, -0.1) is 0 Å². The van der Waals surface area contributed by atoms with Gasteiger partial charge >= 0.3 is 0 Å². The van der Waals surface area contributed by atoms with E-state index in [-0.39, 0.29) is 12.0 Å². The number of nitrogens with zero attached hydrogens (tertiary/aromatic N) is 1. The average molecular weight is 217 g/mol. The normalized spacial score (nSPS) is 27.6. The largest absolute Gasteiger partial charge is 0.396 e. The molecule has 4 nitrogen and oxygen atoms in total. The second-order valence-corrected chi connectivity index (χ2v) is 5.45. The van der Waals surface area contributed by atoms with Crippen molar-refractivity contribution in [3.63, 3.8) is 0 Å². The van der Waals surface area contributed by atoms with E-state index in [2.05, 4.69) is 4.90 Å². The average Bonchev–Trinajstić information content (AvgIpc) is 2.50. The lowest BCUT2D eigenvalue weighted by molar-refractivity contribution is 0.0135. The van der Waals surface area contributed by atoms with E-state index in [1.54, 1.807) is 13.8 Å². The van der Waals surface area contributed by atoms with Crippen LogP contribution in [0.15, 0.2) is 0 Å². The molecule has 1 aliphatic heterocycles. The van der Waals surface area contributed by atoms with Gasteiger partial charge in [0.05, 0.1) is 18.8 Å². The van der Waals surface area contributed by atoms with Crippen molar-refractivity contribution in [2.75, 3.05) is 40.0 Å². The van der Waals surface area contributed by atoms with Crippen LogP contribution in [-0.4, -0.2) is 60.7 Å². The van der Waals surface area contributed by atoms with Crippen LogP contribution in [0.25, 0.3) is 0 Å². The van der Waals surface area contributed by atoms with Gasteiger partial charge in [0.25, 0.3) is 0 Å². The number of hydrogen-bond donors (Lipinski definition) is 2. The molecule has 0 aromatic carbocycles. The summed E-state index contributed by atoms with van der Waals surface area (Å²) in [5.74, 6) is 0. The number of aliphatic hydroxyl groups is 2. The molecule has 0 aliphatic carbocycles. The van der Waals surface area contributed by atoms with E-state index in [1.807, 2.05) is 7.05 Å². The van der Waals surface area contributed by atoms with Gasteiger partial charge in [0, 0.05) is 25.1 Å². The number of aliphatic hydroxyl groups excluding tert-OH is 1. The lowest BCUT2D eigenvalue weighted by Crippen LogP contribution is -2.44. The summed E-state index contributed by atoms with van der Waals surface area (Å²) < 4.78 is 5.33. The summed E-state index contributed by atoms with van der Waals surface area (Å²) in [4.78, 5) is 2.06. The molecule has 2 N–H and O–H groups in total. The van der Waals surface area contributed by atoms with Crippen molar-refractivity contribution < 1.29 is 14.9 Å². The van der Waals surface area contributed by atoms with Gasteiger partial charge in [-0.2, -0.15) is 0 Å². The monoisotopic (exact) mass is 217 g/mol. The summed E-state index contributed by atoms with van der Waals surface area (Å²) in [6, 6.07) is 0. The molecule has 1 rings (SSSR count). The Labute approximate surface area is 91.8 Å². The zero-order valence-corrected chi connectivity index (χ0v) is 9.99. The van der Waals surface area contributed by atoms with Gasteiger partial charge in [0.15, 0.2) is 0 Å². The zero-order valence-electron chi connectivity index (χ0n) is 9.99. The smallest absolute Gasteiger partial charge is 0.0718 e. The number of likely N-dealkylation sites (N-methyl/N-ethyl adjacent to an activating group) is 1. The van der Waals surface area contributed by atoms with E-state index >= 15 is 0 Å². The van der Waals surface area contributed by atoms with Crippen LogP contribution in [0.4, 0.5) is 0 Å². The van der Waals surface area contributed by atoms with Crippen molar-refractivity contribution >= 4 is 0 Å². The Bertz CT molecular complexity index is 194. The van der Waals surface area contributed by atoms with Gasteiger partial charge in [-0.25, -0.2) is 0 Å².